The van der Waals surface area contributed by atoms with Crippen molar-refractivity contribution in [2.45, 2.75) is 40.2 Å². The molecule has 0 fully saturated rings. The zero-order chi connectivity index (χ0) is 13.7. The first-order valence-corrected chi connectivity index (χ1v) is 7.69. The zero-order valence-electron chi connectivity index (χ0n) is 11.9. The fourth-order valence-electron chi connectivity index (χ4n) is 1.96. The molecule has 4 heteroatoms. The van der Waals surface area contributed by atoms with Crippen molar-refractivity contribution >= 4 is 11.3 Å². The lowest BCUT2D eigenvalue weighted by molar-refractivity contribution is 0.723. The molecule has 1 N–H and O–H groups in total. The van der Waals surface area contributed by atoms with Crippen LogP contribution in [-0.2, 0) is 13.0 Å². The van der Waals surface area contributed by atoms with Crippen molar-refractivity contribution in [1.82, 2.24) is 15.3 Å². The van der Waals surface area contributed by atoms with Crippen LogP contribution < -0.4 is 5.32 Å². The van der Waals surface area contributed by atoms with Crippen molar-refractivity contribution in [2.75, 3.05) is 6.54 Å². The van der Waals surface area contributed by atoms with E-state index in [2.05, 4.69) is 24.1 Å². The Kier molecular flexibility index (Phi) is 5.05. The first kappa shape index (κ1) is 14.2. The summed E-state index contributed by atoms with van der Waals surface area (Å²) < 4.78 is 0. The van der Waals surface area contributed by atoms with Gasteiger partial charge in [-0.2, -0.15) is 0 Å². The average Bonchev–Trinajstić information content (AvgIpc) is 2.80. The van der Waals surface area contributed by atoms with Crippen molar-refractivity contribution in [3.63, 3.8) is 0 Å². The summed E-state index contributed by atoms with van der Waals surface area (Å²) in [6, 6.07) is 6.10. The van der Waals surface area contributed by atoms with Gasteiger partial charge in [0.05, 0.1) is 11.4 Å². The van der Waals surface area contributed by atoms with Crippen LogP contribution in [0.5, 0.6) is 0 Å². The topological polar surface area (TPSA) is 37.8 Å². The molecule has 2 rings (SSSR count). The first-order chi connectivity index (χ1) is 9.24. The Morgan fingerprint density at radius 2 is 2.05 bits per heavy atom. The van der Waals surface area contributed by atoms with Crippen LogP contribution in [0.4, 0.5) is 0 Å². The van der Waals surface area contributed by atoms with Crippen LogP contribution >= 0.6 is 11.3 Å². The second kappa shape index (κ2) is 6.78. The Morgan fingerprint density at radius 1 is 1.21 bits per heavy atom. The van der Waals surface area contributed by atoms with E-state index >= 15 is 0 Å². The van der Waals surface area contributed by atoms with Gasteiger partial charge in [-0.1, -0.05) is 26.3 Å². The summed E-state index contributed by atoms with van der Waals surface area (Å²) in [7, 11) is 0. The maximum atomic E-state index is 4.78. The molecule has 0 radical (unpaired) electrons. The van der Waals surface area contributed by atoms with Crippen LogP contribution in [0.1, 0.15) is 36.5 Å². The average molecular weight is 275 g/mol. The second-order valence-corrected chi connectivity index (χ2v) is 5.67. The number of aromatic nitrogens is 2. The minimum absolute atomic E-state index is 0.912. The summed E-state index contributed by atoms with van der Waals surface area (Å²) in [5, 5.41) is 4.43. The molecule has 0 atom stereocenters. The Hall–Kier alpha value is -1.26. The van der Waals surface area contributed by atoms with E-state index in [4.69, 9.17) is 4.98 Å². The molecule has 0 aliphatic heterocycles. The predicted octanol–water partition coefficient (Wildman–Crippen LogP) is 3.58. The third kappa shape index (κ3) is 3.61. The van der Waals surface area contributed by atoms with Crippen molar-refractivity contribution in [3.05, 3.63) is 34.5 Å². The second-order valence-electron chi connectivity index (χ2n) is 4.58. The van der Waals surface area contributed by atoms with Crippen molar-refractivity contribution < 1.29 is 0 Å². The highest BCUT2D eigenvalue weighted by Crippen LogP contribution is 2.27. The van der Waals surface area contributed by atoms with Gasteiger partial charge in [0.15, 0.2) is 0 Å². The van der Waals surface area contributed by atoms with Gasteiger partial charge in [-0.3, -0.25) is 4.98 Å². The third-order valence-electron chi connectivity index (χ3n) is 2.91. The number of hydrogen-bond acceptors (Lipinski definition) is 4. The fourth-order valence-corrected chi connectivity index (χ4v) is 3.01. The highest BCUT2D eigenvalue weighted by molar-refractivity contribution is 7.15. The number of rotatable bonds is 6. The predicted molar refractivity (Wildman–Crippen MR) is 81.5 cm³/mol. The van der Waals surface area contributed by atoms with E-state index in [1.54, 1.807) is 11.3 Å². The van der Waals surface area contributed by atoms with Crippen molar-refractivity contribution in [2.24, 2.45) is 0 Å². The van der Waals surface area contributed by atoms with Gasteiger partial charge in [0, 0.05) is 17.1 Å². The van der Waals surface area contributed by atoms with Gasteiger partial charge in [-0.25, -0.2) is 4.98 Å². The lowest BCUT2D eigenvalue weighted by Gasteiger charge is -2.00. The molecule has 0 aromatic carbocycles. The normalized spacial score (nSPS) is 10.9. The van der Waals surface area contributed by atoms with Crippen LogP contribution in [0.3, 0.4) is 0 Å². The monoisotopic (exact) mass is 275 g/mol. The van der Waals surface area contributed by atoms with Crippen LogP contribution in [0.25, 0.3) is 10.7 Å². The molecule has 0 saturated heterocycles. The largest absolute Gasteiger partial charge is 0.312 e. The molecule has 102 valence electrons. The highest BCUT2D eigenvalue weighted by Gasteiger charge is 2.12. The Balaban J connectivity index is 2.30. The van der Waals surface area contributed by atoms with E-state index in [1.807, 2.05) is 25.1 Å². The molecule has 3 nitrogen and oxygen atoms in total. The summed E-state index contributed by atoms with van der Waals surface area (Å²) in [5.74, 6) is 0. The van der Waals surface area contributed by atoms with Gasteiger partial charge in [0.2, 0.25) is 0 Å². The molecule has 2 heterocycles. The molecular formula is C15H21N3S. The molecule has 0 bridgehead atoms. The number of pyridine rings is 1. The molecule has 19 heavy (non-hydrogen) atoms. The minimum Gasteiger partial charge on any atom is -0.312 e. The SMILES string of the molecule is CCCc1nc(-c2cccc(C)n2)sc1CNCC. The van der Waals surface area contributed by atoms with Crippen LogP contribution in [-0.4, -0.2) is 16.5 Å². The molecule has 0 aliphatic rings. The number of hydrogen-bond donors (Lipinski definition) is 1. The third-order valence-corrected chi connectivity index (χ3v) is 4.03. The van der Waals surface area contributed by atoms with Gasteiger partial charge in [0.1, 0.15) is 5.01 Å². The molecule has 0 saturated carbocycles. The molecule has 0 spiro atoms. The molecule has 0 amide bonds. The maximum absolute atomic E-state index is 4.78. The highest BCUT2D eigenvalue weighted by atomic mass is 32.1. The van der Waals surface area contributed by atoms with Crippen LogP contribution in [0.15, 0.2) is 18.2 Å². The van der Waals surface area contributed by atoms with Gasteiger partial charge in [-0.15, -0.1) is 11.3 Å². The molecule has 2 aromatic rings. The Bertz CT molecular complexity index is 534. The van der Waals surface area contributed by atoms with Crippen LogP contribution in [0, 0.1) is 6.92 Å². The molecule has 0 unspecified atom stereocenters. The van der Waals surface area contributed by atoms with Gasteiger partial charge in [-0.05, 0) is 32.0 Å². The van der Waals surface area contributed by atoms with E-state index in [0.29, 0.717) is 0 Å². The molecule has 2 aromatic heterocycles. The van der Waals surface area contributed by atoms with Crippen molar-refractivity contribution in [3.8, 4) is 10.7 Å². The van der Waals surface area contributed by atoms with Gasteiger partial charge >= 0.3 is 0 Å². The minimum atomic E-state index is 0.912. The number of thiazole rings is 1. The summed E-state index contributed by atoms with van der Waals surface area (Å²) in [4.78, 5) is 10.7. The summed E-state index contributed by atoms with van der Waals surface area (Å²) >= 11 is 1.77. The molecular weight excluding hydrogens is 254 g/mol. The fraction of sp³-hybridized carbons (Fsp3) is 0.467. The van der Waals surface area contributed by atoms with E-state index in [0.717, 1.165) is 42.3 Å². The zero-order valence-corrected chi connectivity index (χ0v) is 12.7. The van der Waals surface area contributed by atoms with E-state index in [-0.39, 0.29) is 0 Å². The number of nitrogens with zero attached hydrogens (tertiary/aromatic N) is 2. The first-order valence-electron chi connectivity index (χ1n) is 6.88. The lowest BCUT2D eigenvalue weighted by atomic mass is 10.2. The van der Waals surface area contributed by atoms with E-state index < -0.39 is 0 Å². The standard InChI is InChI=1S/C15H21N3S/c1-4-7-12-14(10-16-5-2)19-15(18-12)13-9-6-8-11(3)17-13/h6,8-9,16H,4-5,7,10H2,1-3H3. The van der Waals surface area contributed by atoms with Gasteiger partial charge < -0.3 is 5.32 Å². The number of nitrogens with one attached hydrogen (secondary N) is 1. The summed E-state index contributed by atoms with van der Waals surface area (Å²) in [6.07, 6.45) is 2.17. The molecule has 0 aliphatic carbocycles. The van der Waals surface area contributed by atoms with E-state index in [9.17, 15) is 0 Å². The van der Waals surface area contributed by atoms with Gasteiger partial charge in [0.25, 0.3) is 0 Å². The summed E-state index contributed by atoms with van der Waals surface area (Å²) in [5.41, 5.74) is 3.26. The number of aryl methyl sites for hydroxylation is 2. The van der Waals surface area contributed by atoms with E-state index in [1.165, 1.54) is 10.6 Å². The quantitative estimate of drug-likeness (QED) is 0.875. The van der Waals surface area contributed by atoms with Crippen LogP contribution in [0.2, 0.25) is 0 Å². The maximum Gasteiger partial charge on any atom is 0.142 e. The smallest absolute Gasteiger partial charge is 0.142 e. The Morgan fingerprint density at radius 3 is 2.74 bits per heavy atom. The Labute approximate surface area is 119 Å². The van der Waals surface area contributed by atoms with Crippen molar-refractivity contribution in [1.29, 1.82) is 0 Å². The lowest BCUT2D eigenvalue weighted by Crippen LogP contribution is -2.11. The summed E-state index contributed by atoms with van der Waals surface area (Å²) in [6.45, 7) is 8.24.